The molecule has 110 valence electrons. The lowest BCUT2D eigenvalue weighted by Gasteiger charge is -2.28. The monoisotopic (exact) mass is 301 g/mol. The maximum Gasteiger partial charge on any atom is 0.0924 e. The third-order valence-corrected chi connectivity index (χ3v) is 3.88. The second-order valence-electron chi connectivity index (χ2n) is 5.16. The van der Waals surface area contributed by atoms with Crippen molar-refractivity contribution in [3.05, 3.63) is 70.7 Å². The fourth-order valence-electron chi connectivity index (χ4n) is 2.42. The third-order valence-electron chi connectivity index (χ3n) is 3.51. The van der Waals surface area contributed by atoms with E-state index in [0.717, 1.165) is 16.1 Å². The summed E-state index contributed by atoms with van der Waals surface area (Å²) in [4.78, 5) is 2.18. The zero-order valence-electron chi connectivity index (χ0n) is 12.1. The average molecular weight is 302 g/mol. The third kappa shape index (κ3) is 4.31. The quantitative estimate of drug-likeness (QED) is 0.629. The van der Waals surface area contributed by atoms with Crippen molar-refractivity contribution in [2.24, 2.45) is 5.73 Å². The summed E-state index contributed by atoms with van der Waals surface area (Å²) in [5, 5.41) is 8.38. The fourth-order valence-corrected chi connectivity index (χ4v) is 2.61. The number of amidine groups is 1. The van der Waals surface area contributed by atoms with Gasteiger partial charge in [-0.3, -0.25) is 10.3 Å². The summed E-state index contributed by atoms with van der Waals surface area (Å²) in [6.07, 6.45) is 0.505. The van der Waals surface area contributed by atoms with E-state index in [-0.39, 0.29) is 11.9 Å². The molecule has 4 heteroatoms. The molecule has 0 fully saturated rings. The minimum Gasteiger partial charge on any atom is -0.388 e. The van der Waals surface area contributed by atoms with Crippen LogP contribution in [0.5, 0.6) is 0 Å². The van der Waals surface area contributed by atoms with Crippen molar-refractivity contribution in [1.29, 1.82) is 5.41 Å². The molecule has 0 saturated carbocycles. The molecule has 0 spiro atoms. The van der Waals surface area contributed by atoms with E-state index in [9.17, 15) is 0 Å². The summed E-state index contributed by atoms with van der Waals surface area (Å²) < 4.78 is 0. The molecule has 21 heavy (non-hydrogen) atoms. The number of nitrogens with zero attached hydrogens (tertiary/aromatic N) is 1. The second kappa shape index (κ2) is 7.25. The molecule has 2 aromatic carbocycles. The summed E-state index contributed by atoms with van der Waals surface area (Å²) >= 11 is 6.23. The summed E-state index contributed by atoms with van der Waals surface area (Å²) in [6, 6.07) is 18.0. The van der Waals surface area contributed by atoms with Gasteiger partial charge in [0.2, 0.25) is 0 Å². The molecule has 3 nitrogen and oxygen atoms in total. The van der Waals surface area contributed by atoms with Crippen LogP contribution in [0.1, 0.15) is 23.6 Å². The molecule has 0 bridgehead atoms. The first-order valence-electron chi connectivity index (χ1n) is 6.89. The Kier molecular flexibility index (Phi) is 5.37. The van der Waals surface area contributed by atoms with Crippen LogP contribution >= 0.6 is 11.6 Å². The minimum atomic E-state index is 0.0694. The highest BCUT2D eigenvalue weighted by Crippen LogP contribution is 2.26. The van der Waals surface area contributed by atoms with Crippen molar-refractivity contribution in [1.82, 2.24) is 4.90 Å². The lowest BCUT2D eigenvalue weighted by Crippen LogP contribution is -2.28. The number of hydrogen-bond acceptors (Lipinski definition) is 2. The van der Waals surface area contributed by atoms with Crippen LogP contribution in [0.3, 0.4) is 0 Å². The molecular formula is C17H20ClN3. The maximum atomic E-state index is 7.61. The van der Waals surface area contributed by atoms with Gasteiger partial charge in [-0.15, -0.1) is 0 Å². The standard InChI is InChI=1S/C17H20ClN3/c1-21(12-14-9-5-6-10-15(14)18)16(11-17(19)20)13-7-3-2-4-8-13/h2-10,16H,11-12H2,1H3,(H3,19,20). The van der Waals surface area contributed by atoms with Gasteiger partial charge in [-0.25, -0.2) is 0 Å². The van der Waals surface area contributed by atoms with Crippen molar-refractivity contribution in [2.75, 3.05) is 7.05 Å². The number of hydrogen-bond donors (Lipinski definition) is 2. The first-order chi connectivity index (χ1) is 10.1. The van der Waals surface area contributed by atoms with E-state index in [4.69, 9.17) is 22.7 Å². The van der Waals surface area contributed by atoms with Gasteiger partial charge in [0.25, 0.3) is 0 Å². The van der Waals surface area contributed by atoms with E-state index in [1.807, 2.05) is 49.5 Å². The van der Waals surface area contributed by atoms with Gasteiger partial charge in [0.15, 0.2) is 0 Å². The van der Waals surface area contributed by atoms with Crippen LogP contribution in [0.15, 0.2) is 54.6 Å². The molecular weight excluding hydrogens is 282 g/mol. The molecule has 2 rings (SSSR count). The van der Waals surface area contributed by atoms with Gasteiger partial charge in [-0.1, -0.05) is 60.1 Å². The van der Waals surface area contributed by atoms with Gasteiger partial charge in [-0.05, 0) is 24.2 Å². The molecule has 3 N–H and O–H groups in total. The van der Waals surface area contributed by atoms with Crippen LogP contribution in [-0.2, 0) is 6.54 Å². The second-order valence-corrected chi connectivity index (χ2v) is 5.57. The van der Waals surface area contributed by atoms with Gasteiger partial charge in [-0.2, -0.15) is 0 Å². The normalized spacial score (nSPS) is 12.3. The Hall–Kier alpha value is -1.84. The van der Waals surface area contributed by atoms with E-state index in [2.05, 4.69) is 17.0 Å². The van der Waals surface area contributed by atoms with Crippen LogP contribution in [0.25, 0.3) is 0 Å². The molecule has 1 atom stereocenters. The van der Waals surface area contributed by atoms with Gasteiger partial charge in [0.05, 0.1) is 5.84 Å². The van der Waals surface area contributed by atoms with Crippen LogP contribution < -0.4 is 5.73 Å². The number of rotatable bonds is 6. The lowest BCUT2D eigenvalue weighted by molar-refractivity contribution is 0.241. The zero-order valence-corrected chi connectivity index (χ0v) is 12.8. The first-order valence-corrected chi connectivity index (χ1v) is 7.27. The smallest absolute Gasteiger partial charge is 0.0924 e. The number of halogens is 1. The molecule has 0 aliphatic rings. The number of benzene rings is 2. The molecule has 0 saturated heterocycles. The molecule has 2 aromatic rings. The number of nitrogens with one attached hydrogen (secondary N) is 1. The summed E-state index contributed by atoms with van der Waals surface area (Å²) in [7, 11) is 2.03. The van der Waals surface area contributed by atoms with Gasteiger partial charge in [0.1, 0.15) is 0 Å². The Balaban J connectivity index is 2.20. The van der Waals surface area contributed by atoms with Crippen molar-refractivity contribution in [3.63, 3.8) is 0 Å². The Morgan fingerprint density at radius 2 is 1.76 bits per heavy atom. The van der Waals surface area contributed by atoms with Crippen LogP contribution in [0.4, 0.5) is 0 Å². The summed E-state index contributed by atoms with van der Waals surface area (Å²) in [5.74, 6) is 0.190. The van der Waals surface area contributed by atoms with E-state index in [0.29, 0.717) is 13.0 Å². The Bertz CT molecular complexity index is 598. The molecule has 0 heterocycles. The molecule has 0 aliphatic heterocycles. The molecule has 1 unspecified atom stereocenters. The van der Waals surface area contributed by atoms with Gasteiger partial charge < -0.3 is 5.73 Å². The predicted octanol–water partition coefficient (Wildman–Crippen LogP) is 3.84. The van der Waals surface area contributed by atoms with Gasteiger partial charge in [0, 0.05) is 24.0 Å². The van der Waals surface area contributed by atoms with Crippen LogP contribution in [0, 0.1) is 5.41 Å². The zero-order chi connectivity index (χ0) is 15.2. The molecule has 0 amide bonds. The van der Waals surface area contributed by atoms with E-state index in [1.165, 1.54) is 0 Å². The number of nitrogens with two attached hydrogens (primary N) is 1. The van der Waals surface area contributed by atoms with Crippen molar-refractivity contribution in [2.45, 2.75) is 19.0 Å². The van der Waals surface area contributed by atoms with Crippen molar-refractivity contribution < 1.29 is 0 Å². The Morgan fingerprint density at radius 3 is 2.38 bits per heavy atom. The van der Waals surface area contributed by atoms with Crippen molar-refractivity contribution in [3.8, 4) is 0 Å². The lowest BCUT2D eigenvalue weighted by atomic mass is 10.0. The van der Waals surface area contributed by atoms with E-state index in [1.54, 1.807) is 0 Å². The molecule has 0 radical (unpaired) electrons. The first kappa shape index (κ1) is 15.5. The van der Waals surface area contributed by atoms with E-state index < -0.39 is 0 Å². The molecule has 0 aromatic heterocycles. The Morgan fingerprint density at radius 1 is 1.14 bits per heavy atom. The SMILES string of the molecule is CN(Cc1ccccc1Cl)C(CC(=N)N)c1ccccc1. The summed E-state index contributed by atoms with van der Waals surface area (Å²) in [5.41, 5.74) is 7.85. The van der Waals surface area contributed by atoms with Crippen LogP contribution in [0.2, 0.25) is 5.02 Å². The fraction of sp³-hybridized carbons (Fsp3) is 0.235. The summed E-state index contributed by atoms with van der Waals surface area (Å²) in [6.45, 7) is 0.715. The topological polar surface area (TPSA) is 53.1 Å². The average Bonchev–Trinajstić information content (AvgIpc) is 2.48. The predicted molar refractivity (Wildman–Crippen MR) is 88.6 cm³/mol. The van der Waals surface area contributed by atoms with Gasteiger partial charge >= 0.3 is 0 Å². The largest absolute Gasteiger partial charge is 0.388 e. The highest BCUT2D eigenvalue weighted by Gasteiger charge is 2.18. The van der Waals surface area contributed by atoms with E-state index >= 15 is 0 Å². The Labute approximate surface area is 130 Å². The highest BCUT2D eigenvalue weighted by molar-refractivity contribution is 6.31. The molecule has 0 aliphatic carbocycles. The minimum absolute atomic E-state index is 0.0694. The van der Waals surface area contributed by atoms with Crippen LogP contribution in [-0.4, -0.2) is 17.8 Å². The van der Waals surface area contributed by atoms with Crippen molar-refractivity contribution >= 4 is 17.4 Å². The highest BCUT2D eigenvalue weighted by atomic mass is 35.5. The maximum absolute atomic E-state index is 7.61.